The number of nitrogens with two attached hydrogens (primary N) is 2. The Kier molecular flexibility index (Phi) is 6.84. The largest absolute Gasteiger partial charge is 0.402 e. The lowest BCUT2D eigenvalue weighted by Crippen LogP contribution is -2.30. The van der Waals surface area contributed by atoms with Crippen molar-refractivity contribution in [1.82, 2.24) is 0 Å². The van der Waals surface area contributed by atoms with E-state index in [0.29, 0.717) is 11.4 Å². The standard InChI is InChI=1S/C27H30N2/c1-7-12-26-24(10-4)23(9-3)25(11-5)27(26,20(8-2)14-13-19(6)28)21-15-17-22(29)18-16-21/h7-18H,1-3,5,28-29H2,4,6H3/b19-13+,20-14+,24-10-,26-12?. The van der Waals surface area contributed by atoms with E-state index in [4.69, 9.17) is 11.5 Å². The minimum atomic E-state index is -0.636. The second-order valence-corrected chi connectivity index (χ2v) is 6.86. The van der Waals surface area contributed by atoms with Gasteiger partial charge in [-0.05, 0) is 65.5 Å². The maximum Gasteiger partial charge on any atom is 0.0713 e. The van der Waals surface area contributed by atoms with Crippen molar-refractivity contribution in [1.29, 1.82) is 0 Å². The van der Waals surface area contributed by atoms with Gasteiger partial charge in [0.2, 0.25) is 0 Å². The molecule has 0 saturated carbocycles. The lowest BCUT2D eigenvalue weighted by molar-refractivity contribution is 0.757. The van der Waals surface area contributed by atoms with Gasteiger partial charge in [-0.2, -0.15) is 0 Å². The highest BCUT2D eigenvalue weighted by atomic mass is 14.6. The Morgan fingerprint density at radius 2 is 1.66 bits per heavy atom. The summed E-state index contributed by atoms with van der Waals surface area (Å²) < 4.78 is 0. The summed E-state index contributed by atoms with van der Waals surface area (Å²) in [6, 6.07) is 7.92. The number of hydrogen-bond acceptors (Lipinski definition) is 2. The van der Waals surface area contributed by atoms with Crippen LogP contribution in [0.15, 0.2) is 133 Å². The first-order valence-electron chi connectivity index (χ1n) is 9.55. The third-order valence-corrected chi connectivity index (χ3v) is 5.18. The van der Waals surface area contributed by atoms with Crippen LogP contribution in [0.3, 0.4) is 0 Å². The van der Waals surface area contributed by atoms with Crippen LogP contribution in [0.5, 0.6) is 0 Å². The molecule has 2 rings (SSSR count). The molecule has 0 radical (unpaired) electrons. The fraction of sp³-hybridized carbons (Fsp3) is 0.111. The summed E-state index contributed by atoms with van der Waals surface area (Å²) in [4.78, 5) is 0. The van der Waals surface area contributed by atoms with Crippen molar-refractivity contribution in [3.63, 3.8) is 0 Å². The summed E-state index contributed by atoms with van der Waals surface area (Å²) in [5.74, 6) is 0. The van der Waals surface area contributed by atoms with E-state index in [-0.39, 0.29) is 0 Å². The maximum atomic E-state index is 5.99. The topological polar surface area (TPSA) is 52.0 Å². The van der Waals surface area contributed by atoms with Crippen molar-refractivity contribution in [2.75, 3.05) is 5.73 Å². The summed E-state index contributed by atoms with van der Waals surface area (Å²) in [7, 11) is 0. The Morgan fingerprint density at radius 1 is 1.00 bits per heavy atom. The smallest absolute Gasteiger partial charge is 0.0713 e. The molecule has 0 amide bonds. The second-order valence-electron chi connectivity index (χ2n) is 6.86. The minimum absolute atomic E-state index is 0.636. The van der Waals surface area contributed by atoms with Gasteiger partial charge in [-0.25, -0.2) is 0 Å². The molecule has 1 aliphatic rings. The Bertz CT molecular complexity index is 987. The van der Waals surface area contributed by atoms with Crippen molar-refractivity contribution in [2.45, 2.75) is 19.3 Å². The molecule has 0 fully saturated rings. The van der Waals surface area contributed by atoms with E-state index < -0.39 is 5.41 Å². The molecular formula is C27H30N2. The summed E-state index contributed by atoms with van der Waals surface area (Å²) in [5, 5.41) is 0. The number of anilines is 1. The van der Waals surface area contributed by atoms with E-state index in [1.165, 1.54) is 0 Å². The average molecular weight is 383 g/mol. The zero-order chi connectivity index (χ0) is 21.6. The second kappa shape index (κ2) is 9.11. The molecule has 0 bridgehead atoms. The summed E-state index contributed by atoms with van der Waals surface area (Å²) in [6.45, 7) is 20.2. The predicted molar refractivity (Wildman–Crippen MR) is 128 cm³/mol. The highest BCUT2D eigenvalue weighted by Gasteiger charge is 2.48. The third-order valence-electron chi connectivity index (χ3n) is 5.18. The van der Waals surface area contributed by atoms with Crippen LogP contribution in [0.25, 0.3) is 0 Å². The van der Waals surface area contributed by atoms with Crippen LogP contribution in [0.1, 0.15) is 19.4 Å². The zero-order valence-corrected chi connectivity index (χ0v) is 17.4. The highest BCUT2D eigenvalue weighted by Crippen LogP contribution is 2.57. The molecule has 1 unspecified atom stereocenters. The Labute approximate surface area is 175 Å². The van der Waals surface area contributed by atoms with Crippen LogP contribution in [0.4, 0.5) is 5.69 Å². The van der Waals surface area contributed by atoms with Crippen molar-refractivity contribution < 1.29 is 0 Å². The molecule has 1 atom stereocenters. The number of allylic oxidation sites excluding steroid dienone is 14. The van der Waals surface area contributed by atoms with E-state index in [1.807, 2.05) is 80.6 Å². The van der Waals surface area contributed by atoms with Gasteiger partial charge in [0.15, 0.2) is 0 Å². The molecule has 2 heteroatoms. The van der Waals surface area contributed by atoms with Crippen LogP contribution in [-0.2, 0) is 5.41 Å². The van der Waals surface area contributed by atoms with Gasteiger partial charge in [-0.15, -0.1) is 0 Å². The first-order chi connectivity index (χ1) is 13.9. The molecule has 1 aliphatic carbocycles. The van der Waals surface area contributed by atoms with Crippen LogP contribution in [0, 0.1) is 0 Å². The van der Waals surface area contributed by atoms with Gasteiger partial charge in [-0.1, -0.05) is 81.0 Å². The first-order valence-corrected chi connectivity index (χ1v) is 9.55. The van der Waals surface area contributed by atoms with Gasteiger partial charge in [0, 0.05) is 11.4 Å². The van der Waals surface area contributed by atoms with E-state index in [9.17, 15) is 0 Å². The van der Waals surface area contributed by atoms with Crippen molar-refractivity contribution >= 4 is 5.69 Å². The maximum absolute atomic E-state index is 5.99. The molecule has 0 saturated heterocycles. The summed E-state index contributed by atoms with van der Waals surface area (Å²) in [6.07, 6.45) is 15.5. The summed E-state index contributed by atoms with van der Waals surface area (Å²) >= 11 is 0. The summed E-state index contributed by atoms with van der Waals surface area (Å²) in [5.41, 5.74) is 19.0. The average Bonchev–Trinajstić information content (AvgIpc) is 2.98. The number of nitrogen functional groups attached to an aromatic ring is 1. The number of rotatable bonds is 7. The third kappa shape index (κ3) is 3.62. The zero-order valence-electron chi connectivity index (χ0n) is 17.4. The van der Waals surface area contributed by atoms with E-state index in [0.717, 1.165) is 33.4 Å². The Morgan fingerprint density at radius 3 is 2.10 bits per heavy atom. The molecule has 0 heterocycles. The van der Waals surface area contributed by atoms with Crippen molar-refractivity contribution in [2.24, 2.45) is 5.73 Å². The van der Waals surface area contributed by atoms with Gasteiger partial charge in [0.1, 0.15) is 0 Å². The predicted octanol–water partition coefficient (Wildman–Crippen LogP) is 6.22. The number of benzene rings is 1. The monoisotopic (exact) mass is 382 g/mol. The molecule has 0 aromatic heterocycles. The van der Waals surface area contributed by atoms with E-state index >= 15 is 0 Å². The van der Waals surface area contributed by atoms with E-state index in [2.05, 4.69) is 32.4 Å². The van der Waals surface area contributed by atoms with Crippen LogP contribution >= 0.6 is 0 Å². The molecule has 4 N–H and O–H groups in total. The van der Waals surface area contributed by atoms with Crippen molar-refractivity contribution in [3.8, 4) is 0 Å². The molecule has 29 heavy (non-hydrogen) atoms. The Hall–Kier alpha value is -3.52. The first kappa shape index (κ1) is 21.8. The van der Waals surface area contributed by atoms with Gasteiger partial charge in [0.25, 0.3) is 0 Å². The molecule has 0 spiro atoms. The van der Waals surface area contributed by atoms with Crippen LogP contribution < -0.4 is 11.5 Å². The Balaban J connectivity index is 3.14. The molecular weight excluding hydrogens is 352 g/mol. The SMILES string of the molecule is C=CC=C1/C(=C\C)C(C=C)=C(C=C)C1(/C(C=C)=C/C=C(\C)N)c1ccc(N)cc1. The number of hydrogen-bond donors (Lipinski definition) is 2. The lowest BCUT2D eigenvalue weighted by Gasteiger charge is -2.36. The van der Waals surface area contributed by atoms with Gasteiger partial charge in [-0.3, -0.25) is 0 Å². The molecule has 148 valence electrons. The van der Waals surface area contributed by atoms with Gasteiger partial charge in [0.05, 0.1) is 5.41 Å². The van der Waals surface area contributed by atoms with E-state index in [1.54, 1.807) is 0 Å². The van der Waals surface area contributed by atoms with Gasteiger partial charge >= 0.3 is 0 Å². The van der Waals surface area contributed by atoms with Crippen LogP contribution in [0.2, 0.25) is 0 Å². The molecule has 1 aromatic rings. The highest BCUT2D eigenvalue weighted by molar-refractivity contribution is 5.79. The fourth-order valence-electron chi connectivity index (χ4n) is 4.06. The van der Waals surface area contributed by atoms with Gasteiger partial charge < -0.3 is 11.5 Å². The molecule has 0 aliphatic heterocycles. The molecule has 2 nitrogen and oxygen atoms in total. The quantitative estimate of drug-likeness (QED) is 0.434. The van der Waals surface area contributed by atoms with Crippen LogP contribution in [-0.4, -0.2) is 0 Å². The van der Waals surface area contributed by atoms with Crippen molar-refractivity contribution in [3.05, 3.63) is 138 Å². The minimum Gasteiger partial charge on any atom is -0.402 e. The molecule has 1 aromatic carbocycles. The fourth-order valence-corrected chi connectivity index (χ4v) is 4.06. The lowest BCUT2D eigenvalue weighted by atomic mass is 9.65. The normalized spacial score (nSPS) is 22.8.